The summed E-state index contributed by atoms with van der Waals surface area (Å²) in [5.41, 5.74) is 3.61. The van der Waals surface area contributed by atoms with Gasteiger partial charge in [-0.15, -0.1) is 0 Å². The van der Waals surface area contributed by atoms with Gasteiger partial charge in [0.05, 0.1) is 0 Å². The third-order valence-electron chi connectivity index (χ3n) is 4.30. The molecule has 3 heteroatoms. The summed E-state index contributed by atoms with van der Waals surface area (Å²) in [5, 5.41) is 6.49. The summed E-state index contributed by atoms with van der Waals surface area (Å²) < 4.78 is 0. The molecule has 2 aliphatic rings. The fourth-order valence-corrected chi connectivity index (χ4v) is 3.18. The lowest BCUT2D eigenvalue weighted by molar-refractivity contribution is 0.0952. The lowest BCUT2D eigenvalue weighted by Gasteiger charge is -2.11. The maximum atomic E-state index is 12.1. The first kappa shape index (κ1) is 12.7. The highest BCUT2D eigenvalue weighted by Crippen LogP contribution is 2.22. The second kappa shape index (κ2) is 5.74. The van der Waals surface area contributed by atoms with Gasteiger partial charge in [0.1, 0.15) is 0 Å². The zero-order valence-corrected chi connectivity index (χ0v) is 11.4. The summed E-state index contributed by atoms with van der Waals surface area (Å²) in [6.45, 7) is 1.90. The number of aryl methyl sites for hydroxylation is 2. The van der Waals surface area contributed by atoms with Crippen LogP contribution in [0.2, 0.25) is 0 Å². The molecular formula is C16H22N2O. The van der Waals surface area contributed by atoms with Crippen LogP contribution in [-0.2, 0) is 12.8 Å². The first-order valence-electron chi connectivity index (χ1n) is 7.46. The molecule has 0 unspecified atom stereocenters. The number of fused-ring (bicyclic) bond motifs is 1. The smallest absolute Gasteiger partial charge is 0.251 e. The van der Waals surface area contributed by atoms with E-state index < -0.39 is 0 Å². The van der Waals surface area contributed by atoms with E-state index in [1.807, 2.05) is 6.07 Å². The number of hydrogen-bond acceptors (Lipinski definition) is 2. The lowest BCUT2D eigenvalue weighted by Crippen LogP contribution is -2.30. The maximum Gasteiger partial charge on any atom is 0.251 e. The van der Waals surface area contributed by atoms with Gasteiger partial charge in [0.25, 0.3) is 5.91 Å². The van der Waals surface area contributed by atoms with Gasteiger partial charge in [0, 0.05) is 18.2 Å². The van der Waals surface area contributed by atoms with Crippen molar-refractivity contribution in [3.63, 3.8) is 0 Å². The number of nitrogens with one attached hydrogen (secondary N) is 2. The van der Waals surface area contributed by atoms with Crippen LogP contribution in [-0.4, -0.2) is 25.0 Å². The highest BCUT2D eigenvalue weighted by Gasteiger charge is 2.15. The van der Waals surface area contributed by atoms with Crippen LogP contribution in [0.15, 0.2) is 18.2 Å². The fourth-order valence-electron chi connectivity index (χ4n) is 3.18. The topological polar surface area (TPSA) is 41.1 Å². The van der Waals surface area contributed by atoms with E-state index in [1.165, 1.54) is 36.8 Å². The Labute approximate surface area is 114 Å². The van der Waals surface area contributed by atoms with Crippen molar-refractivity contribution >= 4 is 5.91 Å². The van der Waals surface area contributed by atoms with Crippen molar-refractivity contribution in [2.45, 2.75) is 44.6 Å². The van der Waals surface area contributed by atoms with Gasteiger partial charge in [-0.3, -0.25) is 4.79 Å². The van der Waals surface area contributed by atoms with E-state index in [0.717, 1.165) is 31.5 Å². The molecular weight excluding hydrogens is 236 g/mol. The minimum atomic E-state index is 0.0766. The van der Waals surface area contributed by atoms with Gasteiger partial charge in [-0.25, -0.2) is 0 Å². The fraction of sp³-hybridized carbons (Fsp3) is 0.562. The van der Waals surface area contributed by atoms with Crippen molar-refractivity contribution in [3.8, 4) is 0 Å². The second-order valence-corrected chi connectivity index (χ2v) is 5.67. The minimum absolute atomic E-state index is 0.0766. The first-order chi connectivity index (χ1) is 9.33. The molecule has 1 atom stereocenters. The Kier molecular flexibility index (Phi) is 3.83. The standard InChI is InChI=1S/C16H22N2O/c19-16(18-10-8-15-5-2-9-17-15)14-7-6-12-3-1-4-13(12)11-14/h6-7,11,15,17H,1-5,8-10H2,(H,18,19)/t15-/m1/s1. The molecule has 0 saturated carbocycles. The molecule has 0 spiro atoms. The average molecular weight is 258 g/mol. The van der Waals surface area contributed by atoms with Gasteiger partial charge in [0.15, 0.2) is 0 Å². The van der Waals surface area contributed by atoms with Crippen LogP contribution in [0, 0.1) is 0 Å². The molecule has 1 aromatic carbocycles. The number of carbonyl (C=O) groups excluding carboxylic acids is 1. The molecule has 0 radical (unpaired) electrons. The van der Waals surface area contributed by atoms with Crippen LogP contribution in [0.1, 0.15) is 47.2 Å². The predicted molar refractivity (Wildman–Crippen MR) is 76.4 cm³/mol. The van der Waals surface area contributed by atoms with Crippen LogP contribution in [0.4, 0.5) is 0 Å². The van der Waals surface area contributed by atoms with Crippen LogP contribution < -0.4 is 10.6 Å². The monoisotopic (exact) mass is 258 g/mol. The zero-order valence-electron chi connectivity index (χ0n) is 11.4. The third kappa shape index (κ3) is 2.98. The van der Waals surface area contributed by atoms with Crippen LogP contribution in [0.25, 0.3) is 0 Å². The molecule has 2 N–H and O–H groups in total. The molecule has 0 bridgehead atoms. The molecule has 1 amide bonds. The van der Waals surface area contributed by atoms with E-state index in [4.69, 9.17) is 0 Å². The Morgan fingerprint density at radius 3 is 3.00 bits per heavy atom. The van der Waals surface area contributed by atoms with Crippen molar-refractivity contribution in [2.75, 3.05) is 13.1 Å². The molecule has 3 rings (SSSR count). The number of benzene rings is 1. The number of hydrogen-bond donors (Lipinski definition) is 2. The molecule has 1 saturated heterocycles. The molecule has 0 aromatic heterocycles. The summed E-state index contributed by atoms with van der Waals surface area (Å²) in [6.07, 6.45) is 7.08. The van der Waals surface area contributed by atoms with Gasteiger partial charge < -0.3 is 10.6 Å². The van der Waals surface area contributed by atoms with Crippen molar-refractivity contribution in [1.29, 1.82) is 0 Å². The number of carbonyl (C=O) groups is 1. The van der Waals surface area contributed by atoms with E-state index in [1.54, 1.807) is 0 Å². The summed E-state index contributed by atoms with van der Waals surface area (Å²) in [7, 11) is 0. The highest BCUT2D eigenvalue weighted by molar-refractivity contribution is 5.94. The van der Waals surface area contributed by atoms with Crippen LogP contribution in [0.3, 0.4) is 0 Å². The van der Waals surface area contributed by atoms with Crippen molar-refractivity contribution in [1.82, 2.24) is 10.6 Å². The van der Waals surface area contributed by atoms with E-state index in [2.05, 4.69) is 22.8 Å². The largest absolute Gasteiger partial charge is 0.352 e. The molecule has 1 heterocycles. The Morgan fingerprint density at radius 1 is 1.26 bits per heavy atom. The van der Waals surface area contributed by atoms with E-state index >= 15 is 0 Å². The summed E-state index contributed by atoms with van der Waals surface area (Å²) >= 11 is 0. The normalized spacial score (nSPS) is 21.4. The Morgan fingerprint density at radius 2 is 2.16 bits per heavy atom. The SMILES string of the molecule is O=C(NCC[C@H]1CCCN1)c1ccc2c(c1)CCC2. The van der Waals surface area contributed by atoms with Crippen molar-refractivity contribution < 1.29 is 4.79 Å². The third-order valence-corrected chi connectivity index (χ3v) is 4.30. The average Bonchev–Trinajstić information content (AvgIpc) is 3.08. The number of rotatable bonds is 4. The van der Waals surface area contributed by atoms with Gasteiger partial charge in [-0.2, -0.15) is 0 Å². The minimum Gasteiger partial charge on any atom is -0.352 e. The number of amides is 1. The van der Waals surface area contributed by atoms with Crippen LogP contribution in [0.5, 0.6) is 0 Å². The summed E-state index contributed by atoms with van der Waals surface area (Å²) in [5.74, 6) is 0.0766. The zero-order chi connectivity index (χ0) is 13.1. The van der Waals surface area contributed by atoms with Gasteiger partial charge in [0.2, 0.25) is 0 Å². The molecule has 1 aliphatic carbocycles. The molecule has 3 nitrogen and oxygen atoms in total. The molecule has 102 valence electrons. The van der Waals surface area contributed by atoms with Crippen LogP contribution >= 0.6 is 0 Å². The second-order valence-electron chi connectivity index (χ2n) is 5.67. The highest BCUT2D eigenvalue weighted by atomic mass is 16.1. The lowest BCUT2D eigenvalue weighted by atomic mass is 10.1. The summed E-state index contributed by atoms with van der Waals surface area (Å²) in [6, 6.07) is 6.76. The Balaban J connectivity index is 1.52. The first-order valence-corrected chi connectivity index (χ1v) is 7.46. The molecule has 1 fully saturated rings. The van der Waals surface area contributed by atoms with Crippen molar-refractivity contribution in [3.05, 3.63) is 34.9 Å². The Bertz CT molecular complexity index is 464. The van der Waals surface area contributed by atoms with E-state index in [0.29, 0.717) is 6.04 Å². The predicted octanol–water partition coefficient (Wildman–Crippen LogP) is 2.05. The summed E-state index contributed by atoms with van der Waals surface area (Å²) in [4.78, 5) is 12.1. The van der Waals surface area contributed by atoms with Gasteiger partial charge in [-0.1, -0.05) is 6.07 Å². The van der Waals surface area contributed by atoms with E-state index in [-0.39, 0.29) is 5.91 Å². The quantitative estimate of drug-likeness (QED) is 0.868. The van der Waals surface area contributed by atoms with Gasteiger partial charge in [-0.05, 0) is 68.3 Å². The van der Waals surface area contributed by atoms with E-state index in [9.17, 15) is 4.79 Å². The molecule has 19 heavy (non-hydrogen) atoms. The maximum absolute atomic E-state index is 12.1. The Hall–Kier alpha value is -1.35. The molecule has 1 aliphatic heterocycles. The van der Waals surface area contributed by atoms with Crippen molar-refractivity contribution in [2.24, 2.45) is 0 Å². The molecule has 1 aromatic rings. The van der Waals surface area contributed by atoms with Gasteiger partial charge >= 0.3 is 0 Å².